The highest BCUT2D eigenvalue weighted by atomic mass is 16.5. The van der Waals surface area contributed by atoms with Crippen molar-refractivity contribution >= 4 is 6.29 Å². The molecule has 1 rings (SSSR count). The molecule has 0 heterocycles. The summed E-state index contributed by atoms with van der Waals surface area (Å²) in [6.07, 6.45) is 6.15. The van der Waals surface area contributed by atoms with Gasteiger partial charge in [0, 0.05) is 12.5 Å². The van der Waals surface area contributed by atoms with Gasteiger partial charge in [-0.2, -0.15) is 0 Å². The molecule has 12 heavy (non-hydrogen) atoms. The summed E-state index contributed by atoms with van der Waals surface area (Å²) in [7, 11) is 0. The third-order valence-electron chi connectivity index (χ3n) is 2.46. The molecule has 0 aromatic carbocycles. The molecule has 3 unspecified atom stereocenters. The first-order valence-electron chi connectivity index (χ1n) is 4.53. The zero-order valence-electron chi connectivity index (χ0n) is 7.69. The molecule has 0 saturated heterocycles. The Morgan fingerprint density at radius 2 is 2.42 bits per heavy atom. The van der Waals surface area contributed by atoms with Crippen molar-refractivity contribution in [2.75, 3.05) is 6.61 Å². The monoisotopic (exact) mass is 168 g/mol. The van der Waals surface area contributed by atoms with Crippen LogP contribution in [0.15, 0.2) is 12.2 Å². The van der Waals surface area contributed by atoms with E-state index in [1.165, 1.54) is 0 Å². The zero-order valence-corrected chi connectivity index (χ0v) is 7.69. The van der Waals surface area contributed by atoms with Gasteiger partial charge in [0.1, 0.15) is 6.29 Å². The second kappa shape index (κ2) is 4.41. The minimum atomic E-state index is 0.138. The van der Waals surface area contributed by atoms with Crippen LogP contribution < -0.4 is 0 Å². The van der Waals surface area contributed by atoms with Crippen molar-refractivity contribution in [1.29, 1.82) is 0 Å². The molecule has 0 fully saturated rings. The average Bonchev–Trinajstić information content (AvgIpc) is 2.09. The van der Waals surface area contributed by atoms with Gasteiger partial charge < -0.3 is 9.53 Å². The normalized spacial score (nSPS) is 35.0. The van der Waals surface area contributed by atoms with E-state index in [2.05, 4.69) is 13.0 Å². The summed E-state index contributed by atoms with van der Waals surface area (Å²) in [4.78, 5) is 10.6. The lowest BCUT2D eigenvalue weighted by molar-refractivity contribution is -0.114. The fraction of sp³-hybridized carbons (Fsp3) is 0.700. The van der Waals surface area contributed by atoms with Gasteiger partial charge in [0.2, 0.25) is 0 Å². The van der Waals surface area contributed by atoms with E-state index in [9.17, 15) is 4.79 Å². The second-order valence-electron chi connectivity index (χ2n) is 3.24. The van der Waals surface area contributed by atoms with Crippen LogP contribution in [0, 0.1) is 11.8 Å². The summed E-state index contributed by atoms with van der Waals surface area (Å²) in [5.74, 6) is 0.471. The van der Waals surface area contributed by atoms with Crippen molar-refractivity contribution in [3.8, 4) is 0 Å². The Bertz CT molecular complexity index is 175. The minimum Gasteiger partial charge on any atom is -0.374 e. The van der Waals surface area contributed by atoms with Crippen LogP contribution in [-0.2, 0) is 9.53 Å². The Morgan fingerprint density at radius 1 is 1.67 bits per heavy atom. The molecule has 0 radical (unpaired) electrons. The highest BCUT2D eigenvalue weighted by molar-refractivity contribution is 5.55. The van der Waals surface area contributed by atoms with Crippen molar-refractivity contribution in [2.24, 2.45) is 11.8 Å². The van der Waals surface area contributed by atoms with E-state index in [0.717, 1.165) is 12.7 Å². The van der Waals surface area contributed by atoms with Gasteiger partial charge in [0.15, 0.2) is 0 Å². The van der Waals surface area contributed by atoms with Crippen LogP contribution in [0.2, 0.25) is 0 Å². The van der Waals surface area contributed by atoms with Gasteiger partial charge in [-0.3, -0.25) is 0 Å². The van der Waals surface area contributed by atoms with Crippen LogP contribution in [0.3, 0.4) is 0 Å². The highest BCUT2D eigenvalue weighted by Crippen LogP contribution is 2.25. The maximum Gasteiger partial charge on any atom is 0.123 e. The minimum absolute atomic E-state index is 0.138. The third kappa shape index (κ3) is 1.95. The SMILES string of the molecule is CCOC1C=CCC(C=O)C1C. The molecular weight excluding hydrogens is 152 g/mol. The van der Waals surface area contributed by atoms with Crippen molar-refractivity contribution in [3.05, 3.63) is 12.2 Å². The first kappa shape index (κ1) is 9.46. The Balaban J connectivity index is 2.57. The van der Waals surface area contributed by atoms with Gasteiger partial charge in [-0.05, 0) is 19.3 Å². The molecule has 0 aliphatic heterocycles. The van der Waals surface area contributed by atoms with Crippen molar-refractivity contribution in [3.63, 3.8) is 0 Å². The van der Waals surface area contributed by atoms with Gasteiger partial charge in [-0.15, -0.1) is 0 Å². The summed E-state index contributed by atoms with van der Waals surface area (Å²) < 4.78 is 5.48. The van der Waals surface area contributed by atoms with Crippen molar-refractivity contribution in [1.82, 2.24) is 0 Å². The molecule has 3 atom stereocenters. The Morgan fingerprint density at radius 3 is 3.00 bits per heavy atom. The van der Waals surface area contributed by atoms with Crippen LogP contribution in [-0.4, -0.2) is 19.0 Å². The van der Waals surface area contributed by atoms with Gasteiger partial charge in [-0.1, -0.05) is 19.1 Å². The van der Waals surface area contributed by atoms with Crippen LogP contribution >= 0.6 is 0 Å². The molecule has 0 bridgehead atoms. The summed E-state index contributed by atoms with van der Waals surface area (Å²) in [6.45, 7) is 4.76. The van der Waals surface area contributed by atoms with Crippen molar-refractivity contribution in [2.45, 2.75) is 26.4 Å². The summed E-state index contributed by atoms with van der Waals surface area (Å²) in [6, 6.07) is 0. The van der Waals surface area contributed by atoms with Gasteiger partial charge in [-0.25, -0.2) is 0 Å². The smallest absolute Gasteiger partial charge is 0.123 e. The lowest BCUT2D eigenvalue weighted by atomic mass is 9.83. The molecule has 2 heteroatoms. The largest absolute Gasteiger partial charge is 0.374 e. The maximum absolute atomic E-state index is 10.6. The lowest BCUT2D eigenvalue weighted by Crippen LogP contribution is -2.30. The topological polar surface area (TPSA) is 26.3 Å². The predicted molar refractivity (Wildman–Crippen MR) is 47.9 cm³/mol. The molecule has 1 aliphatic carbocycles. The molecular formula is C10H16O2. The van der Waals surface area contributed by atoms with Crippen LogP contribution in [0.4, 0.5) is 0 Å². The lowest BCUT2D eigenvalue weighted by Gasteiger charge is -2.28. The standard InChI is InChI=1S/C10H16O2/c1-3-12-10-6-4-5-9(7-11)8(10)2/h4,6-10H,3,5H2,1-2H3. The summed E-state index contributed by atoms with van der Waals surface area (Å²) >= 11 is 0. The van der Waals surface area contributed by atoms with Crippen LogP contribution in [0.25, 0.3) is 0 Å². The van der Waals surface area contributed by atoms with Crippen molar-refractivity contribution < 1.29 is 9.53 Å². The Kier molecular flexibility index (Phi) is 3.48. The second-order valence-corrected chi connectivity index (χ2v) is 3.24. The number of allylic oxidation sites excluding steroid dienone is 1. The summed E-state index contributed by atoms with van der Waals surface area (Å²) in [5.41, 5.74) is 0. The fourth-order valence-corrected chi connectivity index (χ4v) is 1.58. The fourth-order valence-electron chi connectivity index (χ4n) is 1.58. The van der Waals surface area contributed by atoms with Crippen LogP contribution in [0.5, 0.6) is 0 Å². The van der Waals surface area contributed by atoms with Gasteiger partial charge >= 0.3 is 0 Å². The van der Waals surface area contributed by atoms with Gasteiger partial charge in [0.05, 0.1) is 6.10 Å². The summed E-state index contributed by atoms with van der Waals surface area (Å²) in [5, 5.41) is 0. The van der Waals surface area contributed by atoms with E-state index in [4.69, 9.17) is 4.74 Å². The van der Waals surface area contributed by atoms with E-state index in [1.807, 2.05) is 13.0 Å². The number of hydrogen-bond acceptors (Lipinski definition) is 2. The predicted octanol–water partition coefficient (Wildman–Crippen LogP) is 1.80. The molecule has 2 nitrogen and oxygen atoms in total. The molecule has 1 aliphatic rings. The molecule has 0 N–H and O–H groups in total. The molecule has 0 aromatic rings. The quantitative estimate of drug-likeness (QED) is 0.474. The Hall–Kier alpha value is -0.630. The number of rotatable bonds is 3. The number of hydrogen-bond donors (Lipinski definition) is 0. The maximum atomic E-state index is 10.6. The first-order valence-corrected chi connectivity index (χ1v) is 4.53. The van der Waals surface area contributed by atoms with E-state index >= 15 is 0 Å². The van der Waals surface area contributed by atoms with E-state index < -0.39 is 0 Å². The molecule has 68 valence electrons. The Labute approximate surface area is 73.6 Å². The molecule has 0 amide bonds. The highest BCUT2D eigenvalue weighted by Gasteiger charge is 2.26. The number of aldehydes is 1. The molecule has 0 saturated carbocycles. The third-order valence-corrected chi connectivity index (χ3v) is 2.46. The van der Waals surface area contributed by atoms with E-state index in [0.29, 0.717) is 12.5 Å². The van der Waals surface area contributed by atoms with Gasteiger partial charge in [0.25, 0.3) is 0 Å². The number of carbonyl (C=O) groups is 1. The molecule has 0 aromatic heterocycles. The number of carbonyl (C=O) groups excluding carboxylic acids is 1. The average molecular weight is 168 g/mol. The van der Waals surface area contributed by atoms with Crippen LogP contribution in [0.1, 0.15) is 20.3 Å². The van der Waals surface area contributed by atoms with E-state index in [1.54, 1.807) is 0 Å². The molecule has 0 spiro atoms. The van der Waals surface area contributed by atoms with E-state index in [-0.39, 0.29) is 12.0 Å². The number of ether oxygens (including phenoxy) is 1. The first-order chi connectivity index (χ1) is 5.79. The zero-order chi connectivity index (χ0) is 8.97.